The highest BCUT2D eigenvalue weighted by molar-refractivity contribution is 5.88. The molecule has 0 saturated carbocycles. The highest BCUT2D eigenvalue weighted by Gasteiger charge is 2.12. The number of nitrogens with zero attached hydrogens (tertiary/aromatic N) is 1. The fourth-order valence-electron chi connectivity index (χ4n) is 2.43. The fraction of sp³-hybridized carbons (Fsp3) is 0.238. The number of allylic oxidation sites excluding steroid dienone is 1. The molecule has 0 aromatic heterocycles. The first-order valence-electron chi connectivity index (χ1n) is 8.79. The Bertz CT molecular complexity index is 801. The van der Waals surface area contributed by atoms with Crippen LogP contribution in [-0.2, 0) is 11.2 Å². The van der Waals surface area contributed by atoms with Gasteiger partial charge in [-0.05, 0) is 56.2 Å². The molecule has 0 aliphatic rings. The van der Waals surface area contributed by atoms with Gasteiger partial charge in [0.2, 0.25) is 0 Å². The number of phenolic OH excluding ortho intramolecular Hbond substituents is 1. The van der Waals surface area contributed by atoms with Crippen LogP contribution >= 0.6 is 0 Å². The second-order valence-corrected chi connectivity index (χ2v) is 5.91. The number of amides is 1. The normalized spacial score (nSPS) is 11.8. The topological polar surface area (TPSA) is 83.0 Å². The molecule has 1 amide bonds. The molecular formula is C21H25N3O3. The molecule has 1 unspecified atom stereocenters. The Morgan fingerprint density at radius 2 is 2.04 bits per heavy atom. The summed E-state index contributed by atoms with van der Waals surface area (Å²) in [6.45, 7) is 7.94. The van der Waals surface area contributed by atoms with E-state index in [1.807, 2.05) is 43.3 Å². The zero-order valence-corrected chi connectivity index (χ0v) is 15.6. The molecule has 1 atom stereocenters. The van der Waals surface area contributed by atoms with Gasteiger partial charge >= 0.3 is 0 Å². The van der Waals surface area contributed by atoms with Crippen molar-refractivity contribution < 1.29 is 14.6 Å². The Kier molecular flexibility index (Phi) is 7.43. The van der Waals surface area contributed by atoms with Crippen molar-refractivity contribution in [3.05, 3.63) is 66.2 Å². The van der Waals surface area contributed by atoms with Gasteiger partial charge in [0.15, 0.2) is 0 Å². The van der Waals surface area contributed by atoms with Gasteiger partial charge in [0.25, 0.3) is 5.91 Å². The van der Waals surface area contributed by atoms with Gasteiger partial charge < -0.3 is 15.2 Å². The predicted octanol–water partition coefficient (Wildman–Crippen LogP) is 3.47. The van der Waals surface area contributed by atoms with Crippen molar-refractivity contribution in [3.63, 3.8) is 0 Å². The van der Waals surface area contributed by atoms with Crippen LogP contribution in [-0.4, -0.2) is 29.9 Å². The summed E-state index contributed by atoms with van der Waals surface area (Å²) in [7, 11) is 0. The summed E-state index contributed by atoms with van der Waals surface area (Å²) in [5, 5.41) is 17.2. The lowest BCUT2D eigenvalue weighted by molar-refractivity contribution is -0.121. The molecule has 0 spiro atoms. The van der Waals surface area contributed by atoms with Gasteiger partial charge in [-0.1, -0.05) is 18.2 Å². The van der Waals surface area contributed by atoms with E-state index in [-0.39, 0.29) is 11.7 Å². The quantitative estimate of drug-likeness (QED) is 0.360. The van der Waals surface area contributed by atoms with Crippen molar-refractivity contribution in [2.75, 3.05) is 11.9 Å². The predicted molar refractivity (Wildman–Crippen MR) is 108 cm³/mol. The van der Waals surface area contributed by atoms with Crippen molar-refractivity contribution >= 4 is 17.8 Å². The summed E-state index contributed by atoms with van der Waals surface area (Å²) in [4.78, 5) is 12.2. The number of aromatic hydroxyl groups is 1. The van der Waals surface area contributed by atoms with E-state index < -0.39 is 6.04 Å². The minimum Gasteiger partial charge on any atom is -0.507 e. The maximum Gasteiger partial charge on any atom is 0.262 e. The average Bonchev–Trinajstić information content (AvgIpc) is 2.66. The van der Waals surface area contributed by atoms with E-state index in [0.29, 0.717) is 18.6 Å². The van der Waals surface area contributed by atoms with Crippen LogP contribution in [0.2, 0.25) is 0 Å². The van der Waals surface area contributed by atoms with Crippen LogP contribution in [0.25, 0.3) is 0 Å². The smallest absolute Gasteiger partial charge is 0.262 e. The SMILES string of the molecule is C=CCc1cccc(C=NNC(=O)C(C)Nc2ccc(OCC)cc2)c1O. The lowest BCUT2D eigenvalue weighted by Crippen LogP contribution is -2.34. The summed E-state index contributed by atoms with van der Waals surface area (Å²) >= 11 is 0. The standard InChI is InChI=1S/C21H25N3O3/c1-4-7-16-8-6-9-17(20(16)25)14-22-24-21(26)15(3)23-18-10-12-19(13-11-18)27-5-2/h4,6,8-15,23,25H,1,5,7H2,2-3H3,(H,24,26). The number of phenols is 1. The molecule has 0 saturated heterocycles. The number of para-hydroxylation sites is 1. The Hall–Kier alpha value is -3.28. The van der Waals surface area contributed by atoms with E-state index in [9.17, 15) is 9.90 Å². The van der Waals surface area contributed by atoms with Gasteiger partial charge in [-0.25, -0.2) is 5.43 Å². The number of anilines is 1. The Morgan fingerprint density at radius 3 is 2.70 bits per heavy atom. The zero-order valence-electron chi connectivity index (χ0n) is 15.6. The maximum absolute atomic E-state index is 12.2. The van der Waals surface area contributed by atoms with E-state index in [1.54, 1.807) is 19.1 Å². The molecule has 2 aromatic carbocycles. The van der Waals surface area contributed by atoms with Gasteiger partial charge in [-0.3, -0.25) is 4.79 Å². The number of hydrogen-bond donors (Lipinski definition) is 3. The number of nitrogens with one attached hydrogen (secondary N) is 2. The van der Waals surface area contributed by atoms with Crippen LogP contribution in [0.4, 0.5) is 5.69 Å². The minimum atomic E-state index is -0.485. The molecule has 0 aliphatic carbocycles. The van der Waals surface area contributed by atoms with Crippen molar-refractivity contribution in [2.24, 2.45) is 5.10 Å². The van der Waals surface area contributed by atoms with Crippen molar-refractivity contribution in [1.82, 2.24) is 5.43 Å². The van der Waals surface area contributed by atoms with Crippen LogP contribution in [0.15, 0.2) is 60.2 Å². The van der Waals surface area contributed by atoms with E-state index in [4.69, 9.17) is 4.74 Å². The largest absolute Gasteiger partial charge is 0.507 e. The van der Waals surface area contributed by atoms with Gasteiger partial charge in [0.05, 0.1) is 12.8 Å². The Morgan fingerprint density at radius 1 is 1.30 bits per heavy atom. The molecule has 0 fully saturated rings. The Balaban J connectivity index is 1.91. The third-order valence-electron chi connectivity index (χ3n) is 3.84. The average molecular weight is 367 g/mol. The van der Waals surface area contributed by atoms with Gasteiger partial charge in [-0.15, -0.1) is 6.58 Å². The number of benzene rings is 2. The van der Waals surface area contributed by atoms with Crippen LogP contribution in [0.5, 0.6) is 11.5 Å². The van der Waals surface area contributed by atoms with Gasteiger partial charge in [0.1, 0.15) is 17.5 Å². The third kappa shape index (κ3) is 5.88. The molecular weight excluding hydrogens is 342 g/mol. The number of ether oxygens (including phenoxy) is 1. The van der Waals surface area contributed by atoms with Crippen molar-refractivity contribution in [2.45, 2.75) is 26.3 Å². The number of hydrogen-bond acceptors (Lipinski definition) is 5. The highest BCUT2D eigenvalue weighted by atomic mass is 16.5. The first kappa shape index (κ1) is 20.0. The maximum atomic E-state index is 12.2. The summed E-state index contributed by atoms with van der Waals surface area (Å²) in [5.74, 6) is 0.626. The van der Waals surface area contributed by atoms with Crippen molar-refractivity contribution in [1.29, 1.82) is 0 Å². The lowest BCUT2D eigenvalue weighted by atomic mass is 10.1. The van der Waals surface area contributed by atoms with E-state index in [2.05, 4.69) is 22.4 Å². The monoisotopic (exact) mass is 367 g/mol. The number of carbonyl (C=O) groups is 1. The highest BCUT2D eigenvalue weighted by Crippen LogP contribution is 2.21. The lowest BCUT2D eigenvalue weighted by Gasteiger charge is -2.14. The fourth-order valence-corrected chi connectivity index (χ4v) is 2.43. The van der Waals surface area contributed by atoms with Gasteiger partial charge in [0, 0.05) is 11.3 Å². The van der Waals surface area contributed by atoms with Crippen LogP contribution in [0.1, 0.15) is 25.0 Å². The molecule has 2 rings (SSSR count). The summed E-state index contributed by atoms with van der Waals surface area (Å²) in [6.07, 6.45) is 3.69. The molecule has 142 valence electrons. The molecule has 0 heterocycles. The van der Waals surface area contributed by atoms with E-state index in [1.165, 1.54) is 6.21 Å². The van der Waals surface area contributed by atoms with Crippen LogP contribution < -0.4 is 15.5 Å². The Labute approximate surface area is 159 Å². The zero-order chi connectivity index (χ0) is 19.6. The molecule has 27 heavy (non-hydrogen) atoms. The first-order valence-corrected chi connectivity index (χ1v) is 8.79. The molecule has 0 bridgehead atoms. The summed E-state index contributed by atoms with van der Waals surface area (Å²) < 4.78 is 5.39. The molecule has 0 radical (unpaired) electrons. The first-order chi connectivity index (χ1) is 13.0. The van der Waals surface area contributed by atoms with Crippen molar-refractivity contribution in [3.8, 4) is 11.5 Å². The molecule has 3 N–H and O–H groups in total. The van der Waals surface area contributed by atoms with E-state index >= 15 is 0 Å². The summed E-state index contributed by atoms with van der Waals surface area (Å²) in [6, 6.07) is 12.2. The molecule has 6 heteroatoms. The number of rotatable bonds is 9. The van der Waals surface area contributed by atoms with Gasteiger partial charge in [-0.2, -0.15) is 5.10 Å². The summed E-state index contributed by atoms with van der Waals surface area (Å²) in [5.41, 5.74) is 4.56. The van der Waals surface area contributed by atoms with Crippen LogP contribution in [0, 0.1) is 0 Å². The minimum absolute atomic E-state index is 0.135. The molecule has 0 aliphatic heterocycles. The number of hydrazone groups is 1. The molecule has 6 nitrogen and oxygen atoms in total. The second kappa shape index (κ2) is 10.0. The number of carbonyl (C=O) groups excluding carboxylic acids is 1. The van der Waals surface area contributed by atoms with Crippen LogP contribution in [0.3, 0.4) is 0 Å². The molecule has 2 aromatic rings. The second-order valence-electron chi connectivity index (χ2n) is 5.91. The van der Waals surface area contributed by atoms with E-state index in [0.717, 1.165) is 17.0 Å². The third-order valence-corrected chi connectivity index (χ3v) is 3.84.